The van der Waals surface area contributed by atoms with Crippen LogP contribution in [-0.4, -0.2) is 63.3 Å². The summed E-state index contributed by atoms with van der Waals surface area (Å²) in [7, 11) is 0. The molecule has 0 aliphatic rings. The molecule has 3 rings (SSSR count). The van der Waals surface area contributed by atoms with Gasteiger partial charge in [-0.1, -0.05) is 22.6 Å². The van der Waals surface area contributed by atoms with E-state index in [2.05, 4.69) is 30.2 Å². The van der Waals surface area contributed by atoms with Gasteiger partial charge in [0.2, 0.25) is 0 Å². The van der Waals surface area contributed by atoms with Gasteiger partial charge in [0, 0.05) is 50.8 Å². The van der Waals surface area contributed by atoms with Gasteiger partial charge in [-0.3, -0.25) is 23.5 Å². The predicted octanol–water partition coefficient (Wildman–Crippen LogP) is 1.14. The Morgan fingerprint density at radius 3 is 1.91 bits per heavy atom. The fourth-order valence-electron chi connectivity index (χ4n) is 3.68. The Morgan fingerprint density at radius 2 is 1.43 bits per heavy atom. The van der Waals surface area contributed by atoms with E-state index < -0.39 is 11.3 Å². The van der Waals surface area contributed by atoms with Gasteiger partial charge in [-0.15, -0.1) is 10.2 Å². The molecule has 6 N–H and O–H groups in total. The first-order valence-electron chi connectivity index (χ1n) is 11.9. The Hall–Kier alpha value is -2.71. The third kappa shape index (κ3) is 9.82. The highest BCUT2D eigenvalue weighted by Gasteiger charge is 2.13. The molecule has 0 saturated carbocycles. The average Bonchev–Trinajstić information content (AvgIpc) is 3.48. The van der Waals surface area contributed by atoms with E-state index in [1.54, 1.807) is 12.1 Å². The highest BCUT2D eigenvalue weighted by molar-refractivity contribution is 7.80. The van der Waals surface area contributed by atoms with Crippen molar-refractivity contribution in [3.63, 3.8) is 0 Å². The van der Waals surface area contributed by atoms with Crippen LogP contribution in [0.2, 0.25) is 0 Å². The number of anilines is 1. The van der Waals surface area contributed by atoms with Crippen LogP contribution in [0, 0.1) is 0 Å². The van der Waals surface area contributed by atoms with Crippen molar-refractivity contribution >= 4 is 17.0 Å². The van der Waals surface area contributed by atoms with Crippen molar-refractivity contribution in [1.82, 2.24) is 34.9 Å². The summed E-state index contributed by atoms with van der Waals surface area (Å²) < 4.78 is 26.1. The predicted molar refractivity (Wildman–Crippen MR) is 135 cm³/mol. The molecule has 12 nitrogen and oxygen atoms in total. The number of benzene rings is 1. The fourth-order valence-corrected chi connectivity index (χ4v) is 4.01. The van der Waals surface area contributed by atoms with E-state index in [4.69, 9.17) is 16.0 Å². The molecule has 35 heavy (non-hydrogen) atoms. The minimum atomic E-state index is -2.08. The first-order chi connectivity index (χ1) is 17.1. The van der Waals surface area contributed by atoms with E-state index in [1.165, 1.54) is 0 Å². The lowest BCUT2D eigenvalue weighted by molar-refractivity contribution is 0.253. The molecule has 2 aromatic heterocycles. The van der Waals surface area contributed by atoms with Gasteiger partial charge < -0.3 is 11.5 Å². The van der Waals surface area contributed by atoms with Crippen LogP contribution >= 0.6 is 0 Å². The zero-order valence-electron chi connectivity index (χ0n) is 20.0. The van der Waals surface area contributed by atoms with Crippen LogP contribution in [0.25, 0.3) is 0 Å². The number of rotatable bonds is 17. The van der Waals surface area contributed by atoms with Crippen LogP contribution in [0.4, 0.5) is 5.69 Å². The van der Waals surface area contributed by atoms with Crippen molar-refractivity contribution < 1.29 is 8.76 Å². The van der Waals surface area contributed by atoms with Crippen LogP contribution in [0.3, 0.4) is 0 Å². The van der Waals surface area contributed by atoms with Gasteiger partial charge in [0.1, 0.15) is 0 Å². The Morgan fingerprint density at radius 1 is 0.886 bits per heavy atom. The Labute approximate surface area is 208 Å². The maximum Gasteiger partial charge on any atom is 0.259 e. The molecule has 2 heterocycles. The summed E-state index contributed by atoms with van der Waals surface area (Å²) in [6.07, 6.45) is 8.66. The van der Waals surface area contributed by atoms with E-state index in [0.29, 0.717) is 31.9 Å². The quantitative estimate of drug-likeness (QED) is 0.156. The Kier molecular flexibility index (Phi) is 11.2. The minimum absolute atomic E-state index is 0.601. The van der Waals surface area contributed by atoms with E-state index in [9.17, 15) is 4.21 Å². The molecule has 3 aromatic rings. The van der Waals surface area contributed by atoms with Gasteiger partial charge in [-0.25, -0.2) is 4.21 Å². The molecule has 0 spiro atoms. The number of hydrogen-bond acceptors (Lipinski definition) is 8. The number of aromatic nitrogens is 6. The lowest BCUT2D eigenvalue weighted by Gasteiger charge is -2.20. The molecule has 1 atom stereocenters. The van der Waals surface area contributed by atoms with Gasteiger partial charge in [0.05, 0.1) is 11.4 Å². The van der Waals surface area contributed by atoms with Crippen molar-refractivity contribution in [1.29, 1.82) is 0 Å². The van der Waals surface area contributed by atoms with Gasteiger partial charge in [-0.05, 0) is 62.9 Å². The monoisotopic (exact) mass is 504 g/mol. The molecule has 13 heteroatoms. The van der Waals surface area contributed by atoms with E-state index >= 15 is 0 Å². The molecule has 0 radical (unpaired) electrons. The first kappa shape index (κ1) is 26.9. The zero-order valence-corrected chi connectivity index (χ0v) is 20.8. The Bertz CT molecular complexity index is 973. The molecular formula is C22H36N10O2S. The summed E-state index contributed by atoms with van der Waals surface area (Å²) in [6, 6.07) is 7.50. The summed E-state index contributed by atoms with van der Waals surface area (Å²) in [5.41, 5.74) is 14.7. The molecule has 0 fully saturated rings. The third-order valence-corrected chi connectivity index (χ3v) is 5.91. The van der Waals surface area contributed by atoms with Crippen molar-refractivity contribution in [2.75, 3.05) is 24.4 Å². The summed E-state index contributed by atoms with van der Waals surface area (Å²) in [5.74, 6) is 0. The number of aryl methyl sites for hydroxylation is 2. The van der Waals surface area contributed by atoms with E-state index in [0.717, 1.165) is 68.7 Å². The highest BCUT2D eigenvalue weighted by Crippen LogP contribution is 2.13. The van der Waals surface area contributed by atoms with Crippen molar-refractivity contribution in [3.05, 3.63) is 53.6 Å². The topological polar surface area (TPSA) is 166 Å². The molecule has 0 aliphatic heterocycles. The minimum Gasteiger partial charge on any atom is -0.330 e. The van der Waals surface area contributed by atoms with Crippen molar-refractivity contribution in [3.8, 4) is 0 Å². The number of nitrogens with one attached hydrogen (secondary N) is 1. The van der Waals surface area contributed by atoms with Gasteiger partial charge in [0.15, 0.2) is 0 Å². The Balaban J connectivity index is 1.62. The summed E-state index contributed by atoms with van der Waals surface area (Å²) >= 11 is -2.08. The standard InChI is InChI=1S/C22H36N10O2S/c23-10-1-3-12-31-17-21(25-28-31)15-30(16-22-18-32(29-26-22)13-4-2-11-24)14-9-19-5-7-20(8-6-19)27-35(33)34/h5-8,17-18,27H,1-4,9-16,23-24H2,(H,33,34). The summed E-state index contributed by atoms with van der Waals surface area (Å²) in [6.45, 7) is 5.02. The number of nitrogens with two attached hydrogens (primary N) is 2. The van der Waals surface area contributed by atoms with Crippen molar-refractivity contribution in [2.45, 2.75) is 58.3 Å². The summed E-state index contributed by atoms with van der Waals surface area (Å²) in [5, 5.41) is 17.2. The largest absolute Gasteiger partial charge is 0.330 e. The van der Waals surface area contributed by atoms with Crippen LogP contribution in [0.1, 0.15) is 42.6 Å². The molecule has 0 saturated heterocycles. The number of unbranched alkanes of at least 4 members (excludes halogenated alkanes) is 2. The average molecular weight is 505 g/mol. The third-order valence-electron chi connectivity index (χ3n) is 5.50. The second-order valence-corrected chi connectivity index (χ2v) is 9.15. The maximum absolute atomic E-state index is 10.9. The van der Waals surface area contributed by atoms with Gasteiger partial charge >= 0.3 is 0 Å². The van der Waals surface area contributed by atoms with E-state index in [1.807, 2.05) is 33.9 Å². The van der Waals surface area contributed by atoms with Gasteiger partial charge in [0.25, 0.3) is 11.3 Å². The normalized spacial score (nSPS) is 12.3. The van der Waals surface area contributed by atoms with Crippen molar-refractivity contribution in [2.24, 2.45) is 11.5 Å². The van der Waals surface area contributed by atoms with Gasteiger partial charge in [-0.2, -0.15) is 0 Å². The number of hydrogen-bond donors (Lipinski definition) is 4. The smallest absolute Gasteiger partial charge is 0.259 e. The van der Waals surface area contributed by atoms with Crippen LogP contribution in [-0.2, 0) is 43.9 Å². The highest BCUT2D eigenvalue weighted by atomic mass is 32.2. The molecule has 1 aromatic carbocycles. The SMILES string of the molecule is NCCCCn1cc(CN(CCc2ccc(NS(=O)O)cc2)Cc2cn(CCCCN)nn2)nn1. The second-order valence-electron chi connectivity index (χ2n) is 8.45. The molecule has 192 valence electrons. The fraction of sp³-hybridized carbons (Fsp3) is 0.545. The summed E-state index contributed by atoms with van der Waals surface area (Å²) in [4.78, 5) is 2.28. The van der Waals surface area contributed by atoms with Crippen LogP contribution in [0.15, 0.2) is 36.7 Å². The van der Waals surface area contributed by atoms with Crippen LogP contribution in [0.5, 0.6) is 0 Å². The lowest BCUT2D eigenvalue weighted by Crippen LogP contribution is -2.26. The number of nitrogens with zero attached hydrogens (tertiary/aromatic N) is 7. The lowest BCUT2D eigenvalue weighted by atomic mass is 10.1. The van der Waals surface area contributed by atoms with E-state index in [-0.39, 0.29) is 0 Å². The molecule has 1 unspecified atom stereocenters. The molecule has 0 bridgehead atoms. The molecule has 0 aliphatic carbocycles. The molecule has 0 amide bonds. The molecular weight excluding hydrogens is 468 g/mol. The second kappa shape index (κ2) is 14.6. The maximum atomic E-state index is 10.9. The van der Waals surface area contributed by atoms with Crippen LogP contribution < -0.4 is 16.2 Å². The zero-order chi connectivity index (χ0) is 24.9. The first-order valence-corrected chi connectivity index (χ1v) is 13.0.